The van der Waals surface area contributed by atoms with Gasteiger partial charge in [-0.3, -0.25) is 9.69 Å². The van der Waals surface area contributed by atoms with Crippen molar-refractivity contribution in [1.82, 2.24) is 4.90 Å². The van der Waals surface area contributed by atoms with Crippen LogP contribution in [0.25, 0.3) is 0 Å². The van der Waals surface area contributed by atoms with Gasteiger partial charge in [0.25, 0.3) is 0 Å². The number of hydrogen-bond acceptors (Lipinski definition) is 3. The highest BCUT2D eigenvalue weighted by Gasteiger charge is 2.14. The molecule has 0 unspecified atom stereocenters. The van der Waals surface area contributed by atoms with Gasteiger partial charge in [-0.1, -0.05) is 55.9 Å². The highest BCUT2D eigenvalue weighted by molar-refractivity contribution is 5.66. The molecule has 4 nitrogen and oxygen atoms in total. The Morgan fingerprint density at radius 1 is 1.14 bits per heavy atom. The lowest BCUT2D eigenvalue weighted by Gasteiger charge is -2.26. The van der Waals surface area contributed by atoms with Gasteiger partial charge in [0.1, 0.15) is 5.75 Å². The molecule has 1 saturated carbocycles. The van der Waals surface area contributed by atoms with Gasteiger partial charge in [-0.05, 0) is 49.3 Å². The summed E-state index contributed by atoms with van der Waals surface area (Å²) in [6.07, 6.45) is 14.0. The van der Waals surface area contributed by atoms with Gasteiger partial charge < -0.3 is 9.84 Å². The zero-order chi connectivity index (χ0) is 19.6. The van der Waals surface area contributed by atoms with Gasteiger partial charge in [-0.2, -0.15) is 0 Å². The number of carboxylic acid groups (broad SMARTS) is 1. The van der Waals surface area contributed by atoms with Crippen molar-refractivity contribution < 1.29 is 14.6 Å². The third-order valence-corrected chi connectivity index (χ3v) is 6.05. The van der Waals surface area contributed by atoms with E-state index in [2.05, 4.69) is 35.2 Å². The molecule has 0 aromatic heterocycles. The smallest absolute Gasteiger partial charge is 0.304 e. The molecular formula is C24H35NO3. The molecule has 0 spiro atoms. The van der Waals surface area contributed by atoms with Crippen LogP contribution in [0.15, 0.2) is 35.9 Å². The van der Waals surface area contributed by atoms with Crippen molar-refractivity contribution in [1.29, 1.82) is 0 Å². The first kappa shape index (κ1) is 20.9. The summed E-state index contributed by atoms with van der Waals surface area (Å²) in [6, 6.07) is 8.49. The van der Waals surface area contributed by atoms with Crippen LogP contribution in [-0.2, 0) is 11.2 Å². The topological polar surface area (TPSA) is 49.8 Å². The van der Waals surface area contributed by atoms with Crippen molar-refractivity contribution in [2.45, 2.75) is 64.2 Å². The average Bonchev–Trinajstić information content (AvgIpc) is 2.72. The van der Waals surface area contributed by atoms with Crippen LogP contribution in [-0.4, -0.2) is 42.2 Å². The van der Waals surface area contributed by atoms with E-state index in [-0.39, 0.29) is 6.42 Å². The molecule has 1 heterocycles. The van der Waals surface area contributed by atoms with Crippen molar-refractivity contribution in [2.75, 3.05) is 26.2 Å². The standard InChI is InChI=1S/C24H35NO3/c26-24(27)14-16-25-15-4-8-22(19-25)18-21-10-12-23(13-11-21)28-17-5-9-20-6-2-1-3-7-20/h8,10-13,20H,1-7,9,14-19H2,(H,26,27). The van der Waals surface area contributed by atoms with Crippen molar-refractivity contribution in [3.63, 3.8) is 0 Å². The molecule has 28 heavy (non-hydrogen) atoms. The minimum atomic E-state index is -0.717. The van der Waals surface area contributed by atoms with E-state index in [1.165, 1.54) is 49.7 Å². The molecule has 0 amide bonds. The van der Waals surface area contributed by atoms with Crippen LogP contribution in [0.3, 0.4) is 0 Å². The van der Waals surface area contributed by atoms with Gasteiger partial charge >= 0.3 is 5.97 Å². The van der Waals surface area contributed by atoms with E-state index >= 15 is 0 Å². The zero-order valence-electron chi connectivity index (χ0n) is 17.1. The number of aliphatic carboxylic acids is 1. The van der Waals surface area contributed by atoms with E-state index in [0.717, 1.165) is 50.6 Å². The van der Waals surface area contributed by atoms with Crippen LogP contribution in [0, 0.1) is 5.92 Å². The Morgan fingerprint density at radius 2 is 1.93 bits per heavy atom. The largest absolute Gasteiger partial charge is 0.494 e. The molecule has 1 N–H and O–H groups in total. The van der Waals surface area contributed by atoms with Crippen LogP contribution in [0.5, 0.6) is 5.75 Å². The maximum atomic E-state index is 10.8. The van der Waals surface area contributed by atoms with Gasteiger partial charge in [0.2, 0.25) is 0 Å². The van der Waals surface area contributed by atoms with E-state index in [4.69, 9.17) is 9.84 Å². The normalized spacial score (nSPS) is 18.6. The minimum Gasteiger partial charge on any atom is -0.494 e. The van der Waals surface area contributed by atoms with Crippen molar-refractivity contribution in [3.8, 4) is 5.75 Å². The summed E-state index contributed by atoms with van der Waals surface area (Å²) >= 11 is 0. The van der Waals surface area contributed by atoms with Gasteiger partial charge in [-0.15, -0.1) is 0 Å². The van der Waals surface area contributed by atoms with Crippen LogP contribution < -0.4 is 4.74 Å². The molecule has 3 rings (SSSR count). The van der Waals surface area contributed by atoms with E-state index in [0.29, 0.717) is 6.54 Å². The Morgan fingerprint density at radius 3 is 2.68 bits per heavy atom. The number of ether oxygens (including phenoxy) is 1. The molecule has 2 aliphatic rings. The van der Waals surface area contributed by atoms with Crippen LogP contribution in [0.1, 0.15) is 63.4 Å². The van der Waals surface area contributed by atoms with Crippen LogP contribution >= 0.6 is 0 Å². The molecule has 1 fully saturated rings. The Labute approximate surface area is 169 Å². The van der Waals surface area contributed by atoms with Crippen molar-refractivity contribution in [3.05, 3.63) is 41.5 Å². The van der Waals surface area contributed by atoms with E-state index in [1.807, 2.05) is 0 Å². The number of carbonyl (C=O) groups is 1. The summed E-state index contributed by atoms with van der Waals surface area (Å²) in [6.45, 7) is 3.30. The first-order valence-corrected chi connectivity index (χ1v) is 11.0. The van der Waals surface area contributed by atoms with Gasteiger partial charge in [0, 0.05) is 19.6 Å². The molecule has 0 bridgehead atoms. The number of hydrogen-bond donors (Lipinski definition) is 1. The van der Waals surface area contributed by atoms with Crippen molar-refractivity contribution >= 4 is 5.97 Å². The Balaban J connectivity index is 1.36. The molecule has 1 aromatic carbocycles. The summed E-state index contributed by atoms with van der Waals surface area (Å²) in [5.74, 6) is 1.18. The molecule has 0 saturated heterocycles. The molecular weight excluding hydrogens is 350 g/mol. The summed E-state index contributed by atoms with van der Waals surface area (Å²) in [5.41, 5.74) is 2.68. The summed E-state index contributed by atoms with van der Waals surface area (Å²) in [5, 5.41) is 8.86. The maximum absolute atomic E-state index is 10.8. The summed E-state index contributed by atoms with van der Waals surface area (Å²) in [4.78, 5) is 13.0. The SMILES string of the molecule is O=C(O)CCN1CCC=C(Cc2ccc(OCCCC3CCCCC3)cc2)C1. The number of rotatable bonds is 10. The minimum absolute atomic E-state index is 0.222. The molecule has 0 radical (unpaired) electrons. The van der Waals surface area contributed by atoms with Gasteiger partial charge in [0.05, 0.1) is 13.0 Å². The van der Waals surface area contributed by atoms with E-state index < -0.39 is 5.97 Å². The lowest BCUT2D eigenvalue weighted by molar-refractivity contribution is -0.137. The Hall–Kier alpha value is -1.81. The third-order valence-electron chi connectivity index (χ3n) is 6.05. The molecule has 1 aromatic rings. The lowest BCUT2D eigenvalue weighted by atomic mass is 9.86. The second kappa shape index (κ2) is 11.3. The average molecular weight is 386 g/mol. The summed E-state index contributed by atoms with van der Waals surface area (Å²) in [7, 11) is 0. The molecule has 1 aliphatic heterocycles. The second-order valence-corrected chi connectivity index (χ2v) is 8.39. The number of nitrogens with zero attached hydrogens (tertiary/aromatic N) is 1. The molecule has 4 heteroatoms. The first-order chi connectivity index (χ1) is 13.7. The van der Waals surface area contributed by atoms with Crippen LogP contribution in [0.4, 0.5) is 0 Å². The molecule has 154 valence electrons. The van der Waals surface area contributed by atoms with Crippen LogP contribution in [0.2, 0.25) is 0 Å². The van der Waals surface area contributed by atoms with Gasteiger partial charge in [0.15, 0.2) is 0 Å². The number of carboxylic acids is 1. The fourth-order valence-electron chi connectivity index (χ4n) is 4.46. The summed E-state index contributed by atoms with van der Waals surface area (Å²) < 4.78 is 5.94. The molecule has 1 aliphatic carbocycles. The predicted molar refractivity (Wildman–Crippen MR) is 113 cm³/mol. The maximum Gasteiger partial charge on any atom is 0.304 e. The Bertz CT molecular complexity index is 632. The quantitative estimate of drug-likeness (QED) is 0.451. The van der Waals surface area contributed by atoms with E-state index in [9.17, 15) is 4.79 Å². The number of benzene rings is 1. The second-order valence-electron chi connectivity index (χ2n) is 8.39. The highest BCUT2D eigenvalue weighted by atomic mass is 16.5. The first-order valence-electron chi connectivity index (χ1n) is 11.0. The molecule has 0 atom stereocenters. The fraction of sp³-hybridized carbons (Fsp3) is 0.625. The fourth-order valence-corrected chi connectivity index (χ4v) is 4.46. The van der Waals surface area contributed by atoms with E-state index in [1.54, 1.807) is 0 Å². The monoisotopic (exact) mass is 385 g/mol. The third kappa shape index (κ3) is 7.31. The van der Waals surface area contributed by atoms with Crippen molar-refractivity contribution in [2.24, 2.45) is 5.92 Å². The predicted octanol–water partition coefficient (Wildman–Crippen LogP) is 5.08. The van der Waals surface area contributed by atoms with Gasteiger partial charge in [-0.25, -0.2) is 0 Å². The zero-order valence-corrected chi connectivity index (χ0v) is 17.1. The lowest BCUT2D eigenvalue weighted by Crippen LogP contribution is -2.32. The highest BCUT2D eigenvalue weighted by Crippen LogP contribution is 2.27. The Kier molecular flexibility index (Phi) is 8.41.